The normalized spacial score (nSPS) is 18.0. The van der Waals surface area contributed by atoms with E-state index in [-0.39, 0.29) is 24.4 Å². The molecule has 2 rings (SSSR count). The van der Waals surface area contributed by atoms with Crippen molar-refractivity contribution in [1.29, 1.82) is 0 Å². The van der Waals surface area contributed by atoms with Crippen molar-refractivity contribution in [1.82, 2.24) is 0 Å². The second-order valence-corrected chi connectivity index (χ2v) is 5.07. The highest BCUT2D eigenvalue weighted by atomic mass is 19.1. The lowest BCUT2D eigenvalue weighted by atomic mass is 9.95. The molecule has 0 saturated heterocycles. The summed E-state index contributed by atoms with van der Waals surface area (Å²) in [5.41, 5.74) is 0.211. The molecule has 0 saturated carbocycles. The van der Waals surface area contributed by atoms with Crippen molar-refractivity contribution in [2.75, 3.05) is 6.61 Å². The van der Waals surface area contributed by atoms with Gasteiger partial charge in [0.2, 0.25) is 0 Å². The first kappa shape index (κ1) is 14.7. The van der Waals surface area contributed by atoms with Gasteiger partial charge in [0.25, 0.3) is 0 Å². The zero-order valence-electron chi connectivity index (χ0n) is 11.3. The van der Waals surface area contributed by atoms with Gasteiger partial charge in [-0.3, -0.25) is 4.79 Å². The molecule has 2 nitrogen and oxygen atoms in total. The first-order valence-corrected chi connectivity index (χ1v) is 6.89. The number of halogens is 2. The molecule has 108 valence electrons. The van der Waals surface area contributed by atoms with Crippen molar-refractivity contribution in [2.24, 2.45) is 5.92 Å². The third-order valence-electron chi connectivity index (χ3n) is 3.46. The van der Waals surface area contributed by atoms with Gasteiger partial charge in [-0.2, -0.15) is 0 Å². The lowest BCUT2D eigenvalue weighted by Gasteiger charge is -2.17. The van der Waals surface area contributed by atoms with Crippen LogP contribution >= 0.6 is 0 Å². The van der Waals surface area contributed by atoms with E-state index in [1.54, 1.807) is 0 Å². The number of carbonyl (C=O) groups excluding carboxylic acids is 1. The van der Waals surface area contributed by atoms with Gasteiger partial charge in [-0.15, -0.1) is 0 Å². The largest absolute Gasteiger partial charge is 0.465 e. The van der Waals surface area contributed by atoms with Gasteiger partial charge in [0, 0.05) is 6.42 Å². The minimum Gasteiger partial charge on any atom is -0.465 e. The zero-order chi connectivity index (χ0) is 14.4. The van der Waals surface area contributed by atoms with E-state index in [1.165, 1.54) is 0 Å². The fraction of sp³-hybridized carbons (Fsp3) is 0.438. The van der Waals surface area contributed by atoms with E-state index < -0.39 is 11.6 Å². The minimum absolute atomic E-state index is 0.0724. The Hall–Kier alpha value is -1.71. The number of allylic oxidation sites excluding steroid dienone is 2. The number of benzene rings is 1. The number of ether oxygens (including phenoxy) is 1. The van der Waals surface area contributed by atoms with Crippen molar-refractivity contribution >= 4 is 5.97 Å². The molecule has 0 radical (unpaired) electrons. The van der Waals surface area contributed by atoms with Crippen LogP contribution in [0.2, 0.25) is 0 Å². The van der Waals surface area contributed by atoms with E-state index in [9.17, 15) is 13.6 Å². The van der Waals surface area contributed by atoms with Crippen molar-refractivity contribution in [2.45, 2.75) is 32.1 Å². The second kappa shape index (κ2) is 7.17. The number of aryl methyl sites for hydroxylation is 1. The van der Waals surface area contributed by atoms with Gasteiger partial charge < -0.3 is 4.74 Å². The number of esters is 1. The minimum atomic E-state index is -0.497. The monoisotopic (exact) mass is 280 g/mol. The summed E-state index contributed by atoms with van der Waals surface area (Å²) >= 11 is 0. The van der Waals surface area contributed by atoms with Crippen LogP contribution in [0.3, 0.4) is 0 Å². The van der Waals surface area contributed by atoms with E-state index in [1.807, 2.05) is 0 Å². The molecule has 1 aromatic rings. The Bertz CT molecular complexity index is 497. The van der Waals surface area contributed by atoms with E-state index >= 15 is 0 Å². The molecule has 1 atom stereocenters. The van der Waals surface area contributed by atoms with E-state index in [2.05, 4.69) is 12.2 Å². The number of rotatable bonds is 5. The predicted molar refractivity (Wildman–Crippen MR) is 72.1 cm³/mol. The zero-order valence-corrected chi connectivity index (χ0v) is 11.3. The van der Waals surface area contributed by atoms with Crippen LogP contribution in [0.1, 0.15) is 31.2 Å². The highest BCUT2D eigenvalue weighted by Crippen LogP contribution is 2.18. The van der Waals surface area contributed by atoms with Crippen LogP contribution in [0.5, 0.6) is 0 Å². The van der Waals surface area contributed by atoms with Gasteiger partial charge in [0.05, 0.1) is 6.61 Å². The molecule has 0 N–H and O–H groups in total. The Morgan fingerprint density at radius 2 is 2.15 bits per heavy atom. The van der Waals surface area contributed by atoms with Crippen molar-refractivity contribution in [3.05, 3.63) is 47.5 Å². The van der Waals surface area contributed by atoms with Gasteiger partial charge in [0.1, 0.15) is 11.6 Å². The van der Waals surface area contributed by atoms with Gasteiger partial charge >= 0.3 is 5.97 Å². The summed E-state index contributed by atoms with van der Waals surface area (Å²) in [6, 6.07) is 3.26. The average Bonchev–Trinajstić information content (AvgIpc) is 2.47. The molecule has 4 heteroatoms. The van der Waals surface area contributed by atoms with Gasteiger partial charge in [0.15, 0.2) is 0 Å². The predicted octanol–water partition coefficient (Wildman–Crippen LogP) is 3.80. The summed E-state index contributed by atoms with van der Waals surface area (Å²) in [6.07, 6.45) is 7.45. The van der Waals surface area contributed by atoms with Crippen molar-refractivity contribution in [3.63, 3.8) is 0 Å². The maximum Gasteiger partial charge on any atom is 0.306 e. The molecule has 1 unspecified atom stereocenters. The molecule has 0 fully saturated rings. The Morgan fingerprint density at radius 3 is 2.90 bits per heavy atom. The van der Waals surface area contributed by atoms with Crippen LogP contribution in [0.4, 0.5) is 8.78 Å². The van der Waals surface area contributed by atoms with E-state index in [0.29, 0.717) is 12.5 Å². The fourth-order valence-corrected chi connectivity index (χ4v) is 2.26. The first-order valence-electron chi connectivity index (χ1n) is 6.89. The Balaban J connectivity index is 1.74. The van der Waals surface area contributed by atoms with Crippen molar-refractivity contribution in [3.8, 4) is 0 Å². The SMILES string of the molecule is O=C(CCc1cc(F)ccc1F)OCC1CC=CCC1. The summed E-state index contributed by atoms with van der Waals surface area (Å²) in [5.74, 6) is -0.960. The highest BCUT2D eigenvalue weighted by molar-refractivity contribution is 5.69. The lowest BCUT2D eigenvalue weighted by Crippen LogP contribution is -2.15. The van der Waals surface area contributed by atoms with Crippen molar-refractivity contribution < 1.29 is 18.3 Å². The molecule has 0 heterocycles. The van der Waals surface area contributed by atoms with Crippen LogP contribution in [-0.4, -0.2) is 12.6 Å². The van der Waals surface area contributed by atoms with Crippen LogP contribution in [0.25, 0.3) is 0 Å². The Labute approximate surface area is 117 Å². The quantitative estimate of drug-likeness (QED) is 0.606. The molecular formula is C16H18F2O2. The molecule has 20 heavy (non-hydrogen) atoms. The molecular weight excluding hydrogens is 262 g/mol. The van der Waals surface area contributed by atoms with Crippen LogP contribution in [0, 0.1) is 17.6 Å². The Morgan fingerprint density at radius 1 is 1.30 bits per heavy atom. The van der Waals surface area contributed by atoms with E-state index in [0.717, 1.165) is 37.5 Å². The van der Waals surface area contributed by atoms with Crippen LogP contribution < -0.4 is 0 Å². The van der Waals surface area contributed by atoms with Crippen LogP contribution in [-0.2, 0) is 16.0 Å². The molecule has 1 aliphatic rings. The summed E-state index contributed by atoms with van der Waals surface area (Å²) in [5, 5.41) is 0. The fourth-order valence-electron chi connectivity index (χ4n) is 2.26. The lowest BCUT2D eigenvalue weighted by molar-refractivity contribution is -0.145. The van der Waals surface area contributed by atoms with Gasteiger partial charge in [-0.1, -0.05) is 12.2 Å². The average molecular weight is 280 g/mol. The molecule has 0 aliphatic heterocycles. The second-order valence-electron chi connectivity index (χ2n) is 5.07. The smallest absolute Gasteiger partial charge is 0.306 e. The molecule has 1 aliphatic carbocycles. The third-order valence-corrected chi connectivity index (χ3v) is 3.46. The summed E-state index contributed by atoms with van der Waals surface area (Å²) < 4.78 is 31.5. The first-order chi connectivity index (χ1) is 9.65. The maximum atomic E-state index is 13.4. The summed E-state index contributed by atoms with van der Waals surface area (Å²) in [6.45, 7) is 0.412. The summed E-state index contributed by atoms with van der Waals surface area (Å²) in [4.78, 5) is 11.6. The number of carbonyl (C=O) groups is 1. The maximum absolute atomic E-state index is 13.4. The molecule has 0 amide bonds. The Kier molecular flexibility index (Phi) is 5.27. The number of hydrogen-bond donors (Lipinski definition) is 0. The number of hydrogen-bond acceptors (Lipinski definition) is 2. The van der Waals surface area contributed by atoms with E-state index in [4.69, 9.17) is 4.74 Å². The molecule has 0 aromatic heterocycles. The topological polar surface area (TPSA) is 26.3 Å². The molecule has 1 aromatic carbocycles. The standard InChI is InChI=1S/C16H18F2O2/c17-14-7-8-15(18)13(10-14)6-9-16(19)20-11-12-4-2-1-3-5-12/h1-2,7-8,10,12H,3-6,9,11H2. The highest BCUT2D eigenvalue weighted by Gasteiger charge is 2.13. The van der Waals surface area contributed by atoms with Gasteiger partial charge in [-0.05, 0) is 55.4 Å². The molecule has 0 spiro atoms. The molecule has 0 bridgehead atoms. The third kappa shape index (κ3) is 4.44. The van der Waals surface area contributed by atoms with Crippen LogP contribution in [0.15, 0.2) is 30.4 Å². The van der Waals surface area contributed by atoms with Gasteiger partial charge in [-0.25, -0.2) is 8.78 Å². The summed E-state index contributed by atoms with van der Waals surface area (Å²) in [7, 11) is 0.